The fraction of sp³-hybridized carbons (Fsp3) is 0.692. The van der Waals surface area contributed by atoms with E-state index in [0.717, 1.165) is 11.8 Å². The van der Waals surface area contributed by atoms with Crippen LogP contribution in [0.1, 0.15) is 26.7 Å². The molecule has 0 amide bonds. The van der Waals surface area contributed by atoms with E-state index in [4.69, 9.17) is 0 Å². The van der Waals surface area contributed by atoms with Crippen molar-refractivity contribution in [2.75, 3.05) is 20.6 Å². The Labute approximate surface area is 88.5 Å². The first kappa shape index (κ1) is 11.5. The number of hydrogen-bond acceptors (Lipinski definition) is 1. The predicted molar refractivity (Wildman–Crippen MR) is 63.3 cm³/mol. The van der Waals surface area contributed by atoms with Gasteiger partial charge in [-0.1, -0.05) is 37.6 Å². The first-order valence-electron chi connectivity index (χ1n) is 5.60. The summed E-state index contributed by atoms with van der Waals surface area (Å²) in [5, 5.41) is 0. The van der Waals surface area contributed by atoms with Crippen molar-refractivity contribution in [1.29, 1.82) is 0 Å². The molecular weight excluding hydrogens is 170 g/mol. The van der Waals surface area contributed by atoms with E-state index in [-0.39, 0.29) is 0 Å². The van der Waals surface area contributed by atoms with Gasteiger partial charge in [0.2, 0.25) is 0 Å². The highest BCUT2D eigenvalue weighted by Gasteiger charge is 2.08. The van der Waals surface area contributed by atoms with Gasteiger partial charge in [0, 0.05) is 6.54 Å². The maximum Gasteiger partial charge on any atom is 0.000409 e. The summed E-state index contributed by atoms with van der Waals surface area (Å²) in [6.45, 7) is 5.78. The fourth-order valence-corrected chi connectivity index (χ4v) is 2.01. The molecule has 0 aromatic carbocycles. The van der Waals surface area contributed by atoms with Crippen molar-refractivity contribution in [2.45, 2.75) is 26.7 Å². The molecular formula is C13H23N. The molecule has 0 radical (unpaired) electrons. The Morgan fingerprint density at radius 1 is 1.50 bits per heavy atom. The fourth-order valence-electron chi connectivity index (χ4n) is 2.01. The summed E-state index contributed by atoms with van der Waals surface area (Å²) in [6.07, 6.45) is 9.48. The smallest absolute Gasteiger partial charge is 0.000409 e. The molecule has 0 aromatic rings. The summed E-state index contributed by atoms with van der Waals surface area (Å²) in [5.74, 6) is 1.50. The lowest BCUT2D eigenvalue weighted by atomic mass is 9.92. The molecule has 0 heterocycles. The number of allylic oxidation sites excluding steroid dienone is 4. The zero-order chi connectivity index (χ0) is 10.6. The number of hydrogen-bond donors (Lipinski definition) is 0. The van der Waals surface area contributed by atoms with Gasteiger partial charge in [-0.3, -0.25) is 0 Å². The minimum absolute atomic E-state index is 0.739. The lowest BCUT2D eigenvalue weighted by molar-refractivity contribution is 0.338. The molecule has 1 aliphatic rings. The highest BCUT2D eigenvalue weighted by atomic mass is 15.1. The van der Waals surface area contributed by atoms with E-state index >= 15 is 0 Å². The van der Waals surface area contributed by atoms with Gasteiger partial charge in [0.1, 0.15) is 0 Å². The molecule has 2 unspecified atom stereocenters. The molecule has 0 N–H and O–H groups in total. The maximum atomic E-state index is 2.40. The van der Waals surface area contributed by atoms with E-state index in [2.05, 4.69) is 51.1 Å². The zero-order valence-electron chi connectivity index (χ0n) is 9.96. The summed E-state index contributed by atoms with van der Waals surface area (Å²) in [7, 11) is 4.29. The quantitative estimate of drug-likeness (QED) is 0.663. The largest absolute Gasteiger partial charge is 0.309 e. The Balaban J connectivity index is 2.34. The van der Waals surface area contributed by atoms with Crippen LogP contribution in [0, 0.1) is 11.8 Å². The van der Waals surface area contributed by atoms with E-state index in [0.29, 0.717) is 0 Å². The average molecular weight is 193 g/mol. The molecule has 14 heavy (non-hydrogen) atoms. The summed E-state index contributed by atoms with van der Waals surface area (Å²) in [5.41, 5.74) is 1.53. The lowest BCUT2D eigenvalue weighted by Crippen LogP contribution is -2.20. The third-order valence-electron chi connectivity index (χ3n) is 2.65. The first-order chi connectivity index (χ1) is 6.58. The van der Waals surface area contributed by atoms with Gasteiger partial charge in [-0.15, -0.1) is 0 Å². The Morgan fingerprint density at radius 3 is 2.71 bits per heavy atom. The normalized spacial score (nSPS) is 23.8. The number of nitrogens with zero attached hydrogens (tertiary/aromatic N) is 1. The summed E-state index contributed by atoms with van der Waals surface area (Å²) in [6, 6.07) is 0. The van der Waals surface area contributed by atoms with Gasteiger partial charge in [0.15, 0.2) is 0 Å². The minimum atomic E-state index is 0.739. The van der Waals surface area contributed by atoms with Crippen LogP contribution in [0.4, 0.5) is 0 Å². The molecule has 1 aliphatic carbocycles. The van der Waals surface area contributed by atoms with Crippen LogP contribution in [-0.2, 0) is 0 Å². The van der Waals surface area contributed by atoms with Gasteiger partial charge in [0.25, 0.3) is 0 Å². The van der Waals surface area contributed by atoms with Crippen LogP contribution in [0.15, 0.2) is 23.8 Å². The molecule has 0 saturated carbocycles. The van der Waals surface area contributed by atoms with Crippen molar-refractivity contribution in [1.82, 2.24) is 4.90 Å². The summed E-state index contributed by atoms with van der Waals surface area (Å²) in [4.78, 5) is 2.26. The van der Waals surface area contributed by atoms with Crippen molar-refractivity contribution in [3.63, 3.8) is 0 Å². The highest BCUT2D eigenvalue weighted by Crippen LogP contribution is 2.21. The highest BCUT2D eigenvalue weighted by molar-refractivity contribution is 5.23. The van der Waals surface area contributed by atoms with Crippen LogP contribution < -0.4 is 0 Å². The summed E-state index contributed by atoms with van der Waals surface area (Å²) >= 11 is 0. The van der Waals surface area contributed by atoms with Gasteiger partial charge in [-0.05, 0) is 38.8 Å². The van der Waals surface area contributed by atoms with Crippen LogP contribution in [0.3, 0.4) is 0 Å². The molecule has 80 valence electrons. The van der Waals surface area contributed by atoms with Crippen LogP contribution in [-0.4, -0.2) is 25.5 Å². The van der Waals surface area contributed by atoms with Gasteiger partial charge in [-0.2, -0.15) is 0 Å². The second-order valence-corrected chi connectivity index (χ2v) is 4.92. The molecule has 0 spiro atoms. The Bertz CT molecular complexity index is 225. The van der Waals surface area contributed by atoms with Crippen LogP contribution in [0.25, 0.3) is 0 Å². The van der Waals surface area contributed by atoms with Gasteiger partial charge < -0.3 is 4.90 Å². The van der Waals surface area contributed by atoms with Crippen molar-refractivity contribution in [3.8, 4) is 0 Å². The Morgan fingerprint density at radius 2 is 2.21 bits per heavy atom. The van der Waals surface area contributed by atoms with Crippen molar-refractivity contribution >= 4 is 0 Å². The maximum absolute atomic E-state index is 2.40. The molecule has 0 saturated heterocycles. The SMILES string of the molecule is CC1C=CC(CC(C)CN(C)C)=CC1. The van der Waals surface area contributed by atoms with Gasteiger partial charge in [0.05, 0.1) is 0 Å². The molecule has 2 atom stereocenters. The second kappa shape index (κ2) is 5.35. The third-order valence-corrected chi connectivity index (χ3v) is 2.65. The molecule has 0 fully saturated rings. The first-order valence-corrected chi connectivity index (χ1v) is 5.60. The van der Waals surface area contributed by atoms with E-state index in [1.165, 1.54) is 25.0 Å². The van der Waals surface area contributed by atoms with Gasteiger partial charge in [-0.25, -0.2) is 0 Å². The third kappa shape index (κ3) is 4.10. The molecule has 1 heteroatoms. The molecule has 0 bridgehead atoms. The second-order valence-electron chi connectivity index (χ2n) is 4.92. The van der Waals surface area contributed by atoms with Crippen LogP contribution in [0.2, 0.25) is 0 Å². The predicted octanol–water partition coefficient (Wildman–Crippen LogP) is 3.10. The topological polar surface area (TPSA) is 3.24 Å². The number of rotatable bonds is 4. The monoisotopic (exact) mass is 193 g/mol. The summed E-state index contributed by atoms with van der Waals surface area (Å²) < 4.78 is 0. The van der Waals surface area contributed by atoms with Crippen molar-refractivity contribution in [2.24, 2.45) is 11.8 Å². The molecule has 0 aromatic heterocycles. The molecule has 1 nitrogen and oxygen atoms in total. The Kier molecular flexibility index (Phi) is 4.40. The minimum Gasteiger partial charge on any atom is -0.309 e. The Hall–Kier alpha value is -0.560. The van der Waals surface area contributed by atoms with Crippen LogP contribution >= 0.6 is 0 Å². The van der Waals surface area contributed by atoms with E-state index in [1.807, 2.05) is 0 Å². The van der Waals surface area contributed by atoms with Gasteiger partial charge >= 0.3 is 0 Å². The van der Waals surface area contributed by atoms with E-state index in [1.54, 1.807) is 0 Å². The van der Waals surface area contributed by atoms with Crippen LogP contribution in [0.5, 0.6) is 0 Å². The molecule has 1 rings (SSSR count). The van der Waals surface area contributed by atoms with Crippen molar-refractivity contribution in [3.05, 3.63) is 23.8 Å². The van der Waals surface area contributed by atoms with E-state index in [9.17, 15) is 0 Å². The van der Waals surface area contributed by atoms with E-state index < -0.39 is 0 Å². The zero-order valence-corrected chi connectivity index (χ0v) is 9.96. The average Bonchev–Trinajstić information content (AvgIpc) is 2.07. The lowest BCUT2D eigenvalue weighted by Gasteiger charge is -2.19. The van der Waals surface area contributed by atoms with Crippen molar-refractivity contribution < 1.29 is 0 Å². The standard InChI is InChI=1S/C13H23N/c1-11-5-7-13(8-6-11)9-12(2)10-14(3)4/h5,7-8,11-12H,6,9-10H2,1-4H3. The molecule has 0 aliphatic heterocycles.